The number of amides is 1. The second kappa shape index (κ2) is 6.93. The molecular formula is C16H22FN3O3. The first-order chi connectivity index (χ1) is 10.7. The standard InChI is InChI=1S/C16H22FN3O3/c1-16(2,3)23-15(22)20-7-6-11(10-20)13(21)9-19-14-5-4-12(17)8-18-14/h4-5,8,11H,6-7,9-10H2,1-3H3,(H,18,19)/t11-/m1/s1. The molecule has 1 aromatic rings. The SMILES string of the molecule is CC(C)(C)OC(=O)N1CC[C@@H](C(=O)CNc2ccc(F)cn2)C1. The lowest BCUT2D eigenvalue weighted by Gasteiger charge is -2.24. The van der Waals surface area contributed by atoms with Crippen LogP contribution < -0.4 is 5.32 Å². The zero-order chi connectivity index (χ0) is 17.0. The molecule has 1 atom stereocenters. The molecule has 0 aliphatic carbocycles. The number of carbonyl (C=O) groups is 2. The van der Waals surface area contributed by atoms with Gasteiger partial charge in [0.1, 0.15) is 17.2 Å². The highest BCUT2D eigenvalue weighted by atomic mass is 19.1. The number of Topliss-reactive ketones (excluding diaryl/α,β-unsaturated/α-hetero) is 1. The van der Waals surface area contributed by atoms with Crippen molar-refractivity contribution in [3.63, 3.8) is 0 Å². The number of nitrogens with zero attached hydrogens (tertiary/aromatic N) is 2. The third-order valence-corrected chi connectivity index (χ3v) is 3.47. The molecule has 1 N–H and O–H groups in total. The molecule has 1 aliphatic rings. The van der Waals surface area contributed by atoms with Crippen molar-refractivity contribution in [2.24, 2.45) is 5.92 Å². The molecule has 1 aliphatic heterocycles. The van der Waals surface area contributed by atoms with Crippen molar-refractivity contribution in [1.82, 2.24) is 9.88 Å². The van der Waals surface area contributed by atoms with E-state index in [4.69, 9.17) is 4.74 Å². The minimum absolute atomic E-state index is 0.00202. The normalized spacial score (nSPS) is 17.9. The van der Waals surface area contributed by atoms with E-state index in [1.54, 1.807) is 4.90 Å². The van der Waals surface area contributed by atoms with Gasteiger partial charge in [0.2, 0.25) is 0 Å². The topological polar surface area (TPSA) is 71.5 Å². The van der Waals surface area contributed by atoms with E-state index in [0.29, 0.717) is 25.3 Å². The molecule has 23 heavy (non-hydrogen) atoms. The number of anilines is 1. The second-order valence-corrected chi connectivity index (χ2v) is 6.59. The Hall–Kier alpha value is -2.18. The molecule has 0 bridgehead atoms. The first-order valence-corrected chi connectivity index (χ1v) is 7.60. The predicted octanol–water partition coefficient (Wildman–Crippen LogP) is 2.46. The van der Waals surface area contributed by atoms with Gasteiger partial charge in [-0.1, -0.05) is 0 Å². The highest BCUT2D eigenvalue weighted by molar-refractivity contribution is 5.86. The van der Waals surface area contributed by atoms with Gasteiger partial charge in [-0.05, 0) is 39.3 Å². The quantitative estimate of drug-likeness (QED) is 0.921. The van der Waals surface area contributed by atoms with E-state index in [1.165, 1.54) is 12.1 Å². The lowest BCUT2D eigenvalue weighted by atomic mass is 10.0. The summed E-state index contributed by atoms with van der Waals surface area (Å²) in [6, 6.07) is 2.75. The lowest BCUT2D eigenvalue weighted by Crippen LogP contribution is -2.36. The smallest absolute Gasteiger partial charge is 0.410 e. The van der Waals surface area contributed by atoms with Gasteiger partial charge in [0.25, 0.3) is 0 Å². The summed E-state index contributed by atoms with van der Waals surface area (Å²) in [6.45, 7) is 6.41. The van der Waals surface area contributed by atoms with E-state index < -0.39 is 11.4 Å². The Morgan fingerprint density at radius 3 is 2.78 bits per heavy atom. The second-order valence-electron chi connectivity index (χ2n) is 6.59. The van der Waals surface area contributed by atoms with Gasteiger partial charge >= 0.3 is 6.09 Å². The van der Waals surface area contributed by atoms with Crippen LogP contribution in [0.5, 0.6) is 0 Å². The van der Waals surface area contributed by atoms with Crippen LogP contribution in [0, 0.1) is 11.7 Å². The van der Waals surface area contributed by atoms with Gasteiger partial charge in [-0.3, -0.25) is 4.79 Å². The Morgan fingerprint density at radius 2 is 2.17 bits per heavy atom. The predicted molar refractivity (Wildman–Crippen MR) is 83.6 cm³/mol. The number of hydrogen-bond acceptors (Lipinski definition) is 5. The van der Waals surface area contributed by atoms with Gasteiger partial charge < -0.3 is 15.0 Å². The molecule has 0 saturated carbocycles. The minimum atomic E-state index is -0.547. The maximum atomic E-state index is 12.8. The van der Waals surface area contributed by atoms with E-state index >= 15 is 0 Å². The zero-order valence-electron chi connectivity index (χ0n) is 13.6. The van der Waals surface area contributed by atoms with Crippen molar-refractivity contribution in [2.45, 2.75) is 32.8 Å². The van der Waals surface area contributed by atoms with Crippen molar-refractivity contribution >= 4 is 17.7 Å². The summed E-state index contributed by atoms with van der Waals surface area (Å²) < 4.78 is 18.1. The van der Waals surface area contributed by atoms with Crippen LogP contribution >= 0.6 is 0 Å². The molecule has 1 aromatic heterocycles. The lowest BCUT2D eigenvalue weighted by molar-refractivity contribution is -0.120. The Balaban J connectivity index is 1.80. The van der Waals surface area contributed by atoms with Crippen LogP contribution in [0.15, 0.2) is 18.3 Å². The fourth-order valence-corrected chi connectivity index (χ4v) is 2.32. The summed E-state index contributed by atoms with van der Waals surface area (Å²) in [4.78, 5) is 29.6. The summed E-state index contributed by atoms with van der Waals surface area (Å²) >= 11 is 0. The molecule has 2 heterocycles. The first kappa shape index (κ1) is 17.2. The van der Waals surface area contributed by atoms with E-state index in [1.807, 2.05) is 20.8 Å². The number of carbonyl (C=O) groups excluding carboxylic acids is 2. The van der Waals surface area contributed by atoms with Gasteiger partial charge in [0.05, 0.1) is 12.7 Å². The summed E-state index contributed by atoms with van der Waals surface area (Å²) in [5, 5.41) is 2.87. The number of rotatable bonds is 4. The number of aromatic nitrogens is 1. The zero-order valence-corrected chi connectivity index (χ0v) is 13.6. The van der Waals surface area contributed by atoms with Crippen LogP contribution in [0.3, 0.4) is 0 Å². The highest BCUT2D eigenvalue weighted by Crippen LogP contribution is 2.20. The monoisotopic (exact) mass is 323 g/mol. The number of likely N-dealkylation sites (tertiary alicyclic amines) is 1. The molecule has 6 nitrogen and oxygen atoms in total. The molecule has 7 heteroatoms. The Labute approximate surface area is 135 Å². The summed E-state index contributed by atoms with van der Waals surface area (Å²) in [5.74, 6) is -0.190. The number of hydrogen-bond donors (Lipinski definition) is 1. The molecule has 1 amide bonds. The highest BCUT2D eigenvalue weighted by Gasteiger charge is 2.33. The fourth-order valence-electron chi connectivity index (χ4n) is 2.32. The van der Waals surface area contributed by atoms with Crippen LogP contribution in [-0.2, 0) is 9.53 Å². The van der Waals surface area contributed by atoms with E-state index in [9.17, 15) is 14.0 Å². The van der Waals surface area contributed by atoms with Crippen molar-refractivity contribution in [2.75, 3.05) is 25.0 Å². The molecule has 1 saturated heterocycles. The van der Waals surface area contributed by atoms with Crippen LogP contribution in [0.2, 0.25) is 0 Å². The maximum absolute atomic E-state index is 12.8. The summed E-state index contributed by atoms with van der Waals surface area (Å²) in [7, 11) is 0. The number of halogens is 1. The average molecular weight is 323 g/mol. The van der Waals surface area contributed by atoms with Gasteiger partial charge in [0.15, 0.2) is 5.78 Å². The first-order valence-electron chi connectivity index (χ1n) is 7.60. The van der Waals surface area contributed by atoms with Crippen molar-refractivity contribution < 1.29 is 18.7 Å². The Bertz CT molecular complexity index is 569. The third kappa shape index (κ3) is 5.19. The average Bonchev–Trinajstić information content (AvgIpc) is 2.94. The fraction of sp³-hybridized carbons (Fsp3) is 0.562. The van der Waals surface area contributed by atoms with E-state index in [0.717, 1.165) is 6.20 Å². The third-order valence-electron chi connectivity index (χ3n) is 3.47. The van der Waals surface area contributed by atoms with Crippen LogP contribution in [-0.4, -0.2) is 47.0 Å². The molecule has 1 fully saturated rings. The number of ketones is 1. The van der Waals surface area contributed by atoms with Crippen molar-refractivity contribution in [3.8, 4) is 0 Å². The van der Waals surface area contributed by atoms with Crippen molar-refractivity contribution in [3.05, 3.63) is 24.1 Å². The summed E-state index contributed by atoms with van der Waals surface area (Å²) in [5.41, 5.74) is -0.547. The molecule has 0 unspecified atom stereocenters. The number of pyridine rings is 1. The molecule has 0 aromatic carbocycles. The molecule has 0 spiro atoms. The Kier molecular flexibility index (Phi) is 5.18. The van der Waals surface area contributed by atoms with Crippen molar-refractivity contribution in [1.29, 1.82) is 0 Å². The molecule has 2 rings (SSSR count). The summed E-state index contributed by atoms with van der Waals surface area (Å²) in [6.07, 6.45) is 1.32. The molecule has 126 valence electrons. The van der Waals surface area contributed by atoms with Crippen LogP contribution in [0.25, 0.3) is 0 Å². The van der Waals surface area contributed by atoms with E-state index in [2.05, 4.69) is 10.3 Å². The molecular weight excluding hydrogens is 301 g/mol. The number of ether oxygens (including phenoxy) is 1. The minimum Gasteiger partial charge on any atom is -0.444 e. The largest absolute Gasteiger partial charge is 0.444 e. The van der Waals surface area contributed by atoms with Crippen LogP contribution in [0.1, 0.15) is 27.2 Å². The van der Waals surface area contributed by atoms with Gasteiger partial charge in [0, 0.05) is 19.0 Å². The van der Waals surface area contributed by atoms with Crippen LogP contribution in [0.4, 0.5) is 15.0 Å². The van der Waals surface area contributed by atoms with E-state index in [-0.39, 0.29) is 24.3 Å². The van der Waals surface area contributed by atoms with Gasteiger partial charge in [-0.25, -0.2) is 14.2 Å². The maximum Gasteiger partial charge on any atom is 0.410 e. The number of nitrogens with one attached hydrogen (secondary N) is 1. The van der Waals surface area contributed by atoms with Gasteiger partial charge in [-0.2, -0.15) is 0 Å². The molecule has 0 radical (unpaired) electrons. The van der Waals surface area contributed by atoms with Gasteiger partial charge in [-0.15, -0.1) is 0 Å². The Morgan fingerprint density at radius 1 is 1.43 bits per heavy atom.